The number of hydrogen-bond donors (Lipinski definition) is 0. The minimum absolute atomic E-state index is 0.141. The molecule has 194 valence electrons. The zero-order valence-electron chi connectivity index (χ0n) is 21.5. The number of amides is 1. The van der Waals surface area contributed by atoms with Crippen LogP contribution in [0.3, 0.4) is 0 Å². The van der Waals surface area contributed by atoms with Gasteiger partial charge in [0.15, 0.2) is 0 Å². The van der Waals surface area contributed by atoms with Gasteiger partial charge in [-0.15, -0.1) is 0 Å². The summed E-state index contributed by atoms with van der Waals surface area (Å²) in [5, 5.41) is 0. The molecule has 2 aromatic carbocycles. The first-order valence-electron chi connectivity index (χ1n) is 12.9. The first-order valence-corrected chi connectivity index (χ1v) is 12.9. The molecule has 0 N–H and O–H groups in total. The Morgan fingerprint density at radius 1 is 0.944 bits per heavy atom. The molecule has 0 saturated carbocycles. The topological polar surface area (TPSA) is 59.1 Å². The number of likely N-dealkylation sites (tertiary alicyclic amines) is 2. The maximum atomic E-state index is 13.9. The molecule has 0 aliphatic carbocycles. The average molecular weight is 497 g/mol. The van der Waals surface area contributed by atoms with Gasteiger partial charge in [0.25, 0.3) is 5.91 Å². The molecule has 0 bridgehead atoms. The van der Waals surface area contributed by atoms with Crippen LogP contribution in [-0.2, 0) is 9.53 Å². The summed E-state index contributed by atoms with van der Waals surface area (Å²) < 4.78 is 24.8. The summed E-state index contributed by atoms with van der Waals surface area (Å²) in [5.41, 5.74) is 1.46. The smallest absolute Gasteiger partial charge is 0.328 e. The minimum atomic E-state index is -1.15. The number of methoxy groups -OCH3 is 1. The fourth-order valence-corrected chi connectivity index (χ4v) is 5.16. The first-order chi connectivity index (χ1) is 17.2. The van der Waals surface area contributed by atoms with E-state index in [1.165, 1.54) is 7.11 Å². The summed E-state index contributed by atoms with van der Waals surface area (Å²) in [5.74, 6) is 0.826. The van der Waals surface area contributed by atoms with Gasteiger partial charge < -0.3 is 19.3 Å². The molecular formula is C29H37FN2O4. The van der Waals surface area contributed by atoms with Crippen LogP contribution in [0.2, 0.25) is 0 Å². The molecule has 1 unspecified atom stereocenters. The Labute approximate surface area is 213 Å². The van der Waals surface area contributed by atoms with Crippen LogP contribution >= 0.6 is 0 Å². The van der Waals surface area contributed by atoms with Crippen LogP contribution in [0.4, 0.5) is 4.39 Å². The summed E-state index contributed by atoms with van der Waals surface area (Å²) in [6, 6.07) is 15.0. The third-order valence-corrected chi connectivity index (χ3v) is 7.10. The Balaban J connectivity index is 1.28. The zero-order chi connectivity index (χ0) is 25.7. The van der Waals surface area contributed by atoms with E-state index in [-0.39, 0.29) is 11.9 Å². The minimum Gasteiger partial charge on any atom is -0.493 e. The lowest BCUT2D eigenvalue weighted by Gasteiger charge is -2.34. The molecule has 2 aliphatic rings. The van der Waals surface area contributed by atoms with E-state index in [1.807, 2.05) is 48.5 Å². The molecule has 1 amide bonds. The van der Waals surface area contributed by atoms with Crippen molar-refractivity contribution in [3.05, 3.63) is 54.1 Å². The summed E-state index contributed by atoms with van der Waals surface area (Å²) >= 11 is 0. The molecule has 36 heavy (non-hydrogen) atoms. The molecule has 0 aromatic heterocycles. The number of piperidine rings is 1. The Morgan fingerprint density at radius 2 is 1.56 bits per heavy atom. The van der Waals surface area contributed by atoms with Gasteiger partial charge in [0.2, 0.25) is 0 Å². The van der Waals surface area contributed by atoms with Crippen molar-refractivity contribution in [2.24, 2.45) is 5.92 Å². The quantitative estimate of drug-likeness (QED) is 0.483. The van der Waals surface area contributed by atoms with Gasteiger partial charge in [-0.2, -0.15) is 0 Å². The van der Waals surface area contributed by atoms with Crippen molar-refractivity contribution in [1.82, 2.24) is 9.80 Å². The summed E-state index contributed by atoms with van der Waals surface area (Å²) in [6.07, 6.45) is 3.49. The Kier molecular flexibility index (Phi) is 8.29. The van der Waals surface area contributed by atoms with Crippen LogP contribution in [0.5, 0.6) is 5.75 Å². The number of hydrogen-bond acceptors (Lipinski definition) is 5. The van der Waals surface area contributed by atoms with Gasteiger partial charge in [-0.3, -0.25) is 4.79 Å². The van der Waals surface area contributed by atoms with Gasteiger partial charge >= 0.3 is 5.97 Å². The van der Waals surface area contributed by atoms with Crippen molar-refractivity contribution in [3.63, 3.8) is 0 Å². The molecule has 2 aromatic rings. The SMILES string of the molecule is COC(=O)C1CCCN1C(=O)c1ccc(-c2ccc(OCC3CCN(CC(C)(C)F)CC3)cc2)cc1. The Hall–Kier alpha value is -2.93. The van der Waals surface area contributed by atoms with Gasteiger partial charge in [0, 0.05) is 18.7 Å². The standard InChI is InChI=1S/C29H37FN2O4/c1-29(2,30)20-31-17-14-21(15-18-31)19-36-25-12-10-23(11-13-25)22-6-8-24(9-7-22)27(33)32-16-4-5-26(32)28(34)35-3/h6-13,21,26H,4-5,14-20H2,1-3H3. The van der Waals surface area contributed by atoms with Gasteiger partial charge in [-0.25, -0.2) is 9.18 Å². The van der Waals surface area contributed by atoms with Crippen molar-refractivity contribution in [1.29, 1.82) is 0 Å². The van der Waals surface area contributed by atoms with Crippen LogP contribution in [0, 0.1) is 5.92 Å². The summed E-state index contributed by atoms with van der Waals surface area (Å²) in [6.45, 7) is 6.83. The normalized spacial score (nSPS) is 19.3. The van der Waals surface area contributed by atoms with Crippen molar-refractivity contribution < 1.29 is 23.5 Å². The fraction of sp³-hybridized carbons (Fsp3) is 0.517. The van der Waals surface area contributed by atoms with Crippen LogP contribution in [0.25, 0.3) is 11.1 Å². The zero-order valence-corrected chi connectivity index (χ0v) is 21.5. The van der Waals surface area contributed by atoms with Crippen molar-refractivity contribution in [3.8, 4) is 16.9 Å². The molecule has 7 heteroatoms. The lowest BCUT2D eigenvalue weighted by Crippen LogP contribution is -2.41. The second-order valence-electron chi connectivity index (χ2n) is 10.5. The van der Waals surface area contributed by atoms with Gasteiger partial charge in [-0.1, -0.05) is 24.3 Å². The number of carbonyl (C=O) groups is 2. The lowest BCUT2D eigenvalue weighted by atomic mass is 9.97. The van der Waals surface area contributed by atoms with Crippen molar-refractivity contribution in [2.45, 2.75) is 51.2 Å². The Morgan fingerprint density at radius 3 is 2.14 bits per heavy atom. The molecule has 2 heterocycles. The highest BCUT2D eigenvalue weighted by atomic mass is 19.1. The van der Waals surface area contributed by atoms with E-state index < -0.39 is 11.7 Å². The largest absolute Gasteiger partial charge is 0.493 e. The lowest BCUT2D eigenvalue weighted by molar-refractivity contribution is -0.145. The molecule has 2 aliphatic heterocycles. The first kappa shape index (κ1) is 26.1. The fourth-order valence-electron chi connectivity index (χ4n) is 5.16. The average Bonchev–Trinajstić information content (AvgIpc) is 3.37. The molecular weight excluding hydrogens is 459 g/mol. The number of benzene rings is 2. The van der Waals surface area contributed by atoms with E-state index in [0.29, 0.717) is 37.6 Å². The van der Waals surface area contributed by atoms with E-state index in [2.05, 4.69) is 4.90 Å². The van der Waals surface area contributed by atoms with Crippen LogP contribution < -0.4 is 4.74 Å². The van der Waals surface area contributed by atoms with E-state index in [0.717, 1.165) is 49.2 Å². The maximum Gasteiger partial charge on any atom is 0.328 e. The summed E-state index contributed by atoms with van der Waals surface area (Å²) in [7, 11) is 1.36. The predicted molar refractivity (Wildman–Crippen MR) is 138 cm³/mol. The van der Waals surface area contributed by atoms with E-state index in [1.54, 1.807) is 18.7 Å². The highest BCUT2D eigenvalue weighted by Gasteiger charge is 2.35. The molecule has 0 spiro atoms. The number of ether oxygens (including phenoxy) is 2. The van der Waals surface area contributed by atoms with Gasteiger partial charge in [0.1, 0.15) is 17.5 Å². The molecule has 2 saturated heterocycles. The number of nitrogens with zero attached hydrogens (tertiary/aromatic N) is 2. The third-order valence-electron chi connectivity index (χ3n) is 7.10. The molecule has 0 radical (unpaired) electrons. The summed E-state index contributed by atoms with van der Waals surface area (Å²) in [4.78, 5) is 28.7. The maximum absolute atomic E-state index is 13.9. The number of alkyl halides is 1. The predicted octanol–water partition coefficient (Wildman–Crippen LogP) is 4.97. The number of esters is 1. The van der Waals surface area contributed by atoms with Crippen LogP contribution in [0.1, 0.15) is 49.9 Å². The highest BCUT2D eigenvalue weighted by Crippen LogP contribution is 2.26. The highest BCUT2D eigenvalue weighted by molar-refractivity contribution is 5.97. The Bertz CT molecular complexity index is 1020. The van der Waals surface area contributed by atoms with Crippen molar-refractivity contribution in [2.75, 3.05) is 39.9 Å². The van der Waals surface area contributed by atoms with E-state index in [4.69, 9.17) is 9.47 Å². The van der Waals surface area contributed by atoms with Gasteiger partial charge in [0.05, 0.1) is 13.7 Å². The van der Waals surface area contributed by atoms with E-state index >= 15 is 0 Å². The van der Waals surface area contributed by atoms with Crippen LogP contribution in [-0.4, -0.2) is 73.3 Å². The molecule has 4 rings (SSSR count). The molecule has 6 nitrogen and oxygen atoms in total. The van der Waals surface area contributed by atoms with E-state index in [9.17, 15) is 14.0 Å². The second-order valence-corrected chi connectivity index (χ2v) is 10.5. The monoisotopic (exact) mass is 496 g/mol. The number of rotatable bonds is 8. The second kappa shape index (κ2) is 11.4. The van der Waals surface area contributed by atoms with Crippen molar-refractivity contribution >= 4 is 11.9 Å². The third kappa shape index (κ3) is 6.64. The molecule has 2 fully saturated rings. The number of carbonyl (C=O) groups excluding carboxylic acids is 2. The molecule has 1 atom stereocenters. The van der Waals surface area contributed by atoms with Crippen LogP contribution in [0.15, 0.2) is 48.5 Å². The van der Waals surface area contributed by atoms with Gasteiger partial charge in [-0.05, 0) is 93.9 Å². The number of halogens is 1.